The Bertz CT molecular complexity index is 408. The largest absolute Gasteiger partial charge is 0.478 e. The lowest BCUT2D eigenvalue weighted by atomic mass is 9.66. The first-order valence-corrected chi connectivity index (χ1v) is 8.27. The van der Waals surface area contributed by atoms with E-state index in [1.54, 1.807) is 0 Å². The molecule has 0 aromatic rings. The van der Waals surface area contributed by atoms with Crippen LogP contribution < -0.4 is 0 Å². The molecule has 3 atom stereocenters. The number of carboxylic acid groups (broad SMARTS) is 1. The molecule has 2 fully saturated rings. The number of hydrogen-bond donors (Lipinski definition) is 1. The van der Waals surface area contributed by atoms with Crippen molar-refractivity contribution in [3.63, 3.8) is 0 Å². The number of unbranched alkanes of at least 4 members (excludes halogenated alkanes) is 2. The van der Waals surface area contributed by atoms with E-state index in [1.165, 1.54) is 19.3 Å². The summed E-state index contributed by atoms with van der Waals surface area (Å²) in [5.74, 6) is 0.536. The second kappa shape index (κ2) is 5.54. The van der Waals surface area contributed by atoms with Gasteiger partial charge in [-0.25, -0.2) is 4.79 Å². The molecule has 3 unspecified atom stereocenters. The first-order chi connectivity index (χ1) is 9.33. The SMILES string of the molecule is CCCCCC(=CC1CC2CCC1(C)C2(C)C)C(=O)O. The smallest absolute Gasteiger partial charge is 0.331 e. The van der Waals surface area contributed by atoms with Crippen molar-refractivity contribution in [3.05, 3.63) is 11.6 Å². The first-order valence-electron chi connectivity index (χ1n) is 8.27. The third-order valence-corrected chi connectivity index (χ3v) is 6.59. The normalized spacial score (nSPS) is 35.5. The van der Waals surface area contributed by atoms with Crippen LogP contribution in [0.4, 0.5) is 0 Å². The third-order valence-electron chi connectivity index (χ3n) is 6.59. The molecule has 0 saturated heterocycles. The molecule has 0 aromatic carbocycles. The highest BCUT2D eigenvalue weighted by Crippen LogP contribution is 2.68. The number of allylic oxidation sites excluding steroid dienone is 1. The van der Waals surface area contributed by atoms with Gasteiger partial charge in [-0.2, -0.15) is 0 Å². The van der Waals surface area contributed by atoms with E-state index in [0.717, 1.165) is 31.6 Å². The van der Waals surface area contributed by atoms with Gasteiger partial charge in [0, 0.05) is 5.57 Å². The lowest BCUT2D eigenvalue weighted by Crippen LogP contribution is -2.31. The van der Waals surface area contributed by atoms with Gasteiger partial charge in [0.25, 0.3) is 0 Å². The molecular weight excluding hydrogens is 248 g/mol. The highest BCUT2D eigenvalue weighted by molar-refractivity contribution is 5.86. The second-order valence-corrected chi connectivity index (χ2v) is 7.67. The van der Waals surface area contributed by atoms with Gasteiger partial charge in [0.05, 0.1) is 0 Å². The van der Waals surface area contributed by atoms with Gasteiger partial charge < -0.3 is 5.11 Å². The minimum absolute atomic E-state index is 0.295. The lowest BCUT2D eigenvalue weighted by Gasteiger charge is -2.38. The molecule has 0 aromatic heterocycles. The lowest BCUT2D eigenvalue weighted by molar-refractivity contribution is -0.132. The fourth-order valence-electron chi connectivity index (χ4n) is 4.59. The summed E-state index contributed by atoms with van der Waals surface area (Å²) in [6.07, 6.45) is 9.91. The van der Waals surface area contributed by atoms with Crippen LogP contribution in [0, 0.1) is 22.7 Å². The highest BCUT2D eigenvalue weighted by Gasteiger charge is 2.60. The van der Waals surface area contributed by atoms with Crippen LogP contribution in [0.2, 0.25) is 0 Å². The minimum Gasteiger partial charge on any atom is -0.478 e. The van der Waals surface area contributed by atoms with Gasteiger partial charge in [-0.15, -0.1) is 0 Å². The van der Waals surface area contributed by atoms with E-state index in [0.29, 0.717) is 22.3 Å². The van der Waals surface area contributed by atoms with E-state index in [2.05, 4.69) is 33.8 Å². The molecule has 1 N–H and O–H groups in total. The Morgan fingerprint density at radius 1 is 1.30 bits per heavy atom. The van der Waals surface area contributed by atoms with Gasteiger partial charge in [-0.1, -0.05) is 46.6 Å². The Morgan fingerprint density at radius 2 is 2.00 bits per heavy atom. The van der Waals surface area contributed by atoms with Crippen LogP contribution in [0.3, 0.4) is 0 Å². The molecule has 114 valence electrons. The molecule has 0 aliphatic heterocycles. The summed E-state index contributed by atoms with van der Waals surface area (Å²) in [6.45, 7) is 9.31. The van der Waals surface area contributed by atoms with Gasteiger partial charge in [-0.3, -0.25) is 0 Å². The number of fused-ring (bicyclic) bond motifs is 2. The van der Waals surface area contributed by atoms with Crippen molar-refractivity contribution in [3.8, 4) is 0 Å². The van der Waals surface area contributed by atoms with Crippen LogP contribution in [0.1, 0.15) is 72.6 Å². The van der Waals surface area contributed by atoms with Crippen molar-refractivity contribution in [1.82, 2.24) is 0 Å². The van der Waals surface area contributed by atoms with Crippen molar-refractivity contribution in [2.75, 3.05) is 0 Å². The maximum absolute atomic E-state index is 11.5. The number of aliphatic carboxylic acids is 1. The van der Waals surface area contributed by atoms with E-state index < -0.39 is 5.97 Å². The van der Waals surface area contributed by atoms with Crippen LogP contribution in [-0.2, 0) is 4.79 Å². The van der Waals surface area contributed by atoms with Gasteiger partial charge in [-0.05, 0) is 54.8 Å². The zero-order valence-electron chi connectivity index (χ0n) is 13.5. The zero-order valence-corrected chi connectivity index (χ0v) is 13.5. The highest BCUT2D eigenvalue weighted by atomic mass is 16.4. The average Bonchev–Trinajstić information content (AvgIpc) is 2.70. The molecule has 2 aliphatic rings. The van der Waals surface area contributed by atoms with Crippen LogP contribution in [0.5, 0.6) is 0 Å². The second-order valence-electron chi connectivity index (χ2n) is 7.67. The van der Waals surface area contributed by atoms with Crippen LogP contribution >= 0.6 is 0 Å². The number of carboxylic acids is 1. The maximum atomic E-state index is 11.5. The van der Waals surface area contributed by atoms with E-state index in [-0.39, 0.29) is 0 Å². The van der Waals surface area contributed by atoms with Crippen molar-refractivity contribution in [1.29, 1.82) is 0 Å². The number of carbonyl (C=O) groups is 1. The summed E-state index contributed by atoms with van der Waals surface area (Å²) < 4.78 is 0. The topological polar surface area (TPSA) is 37.3 Å². The van der Waals surface area contributed by atoms with Crippen LogP contribution in [0.15, 0.2) is 11.6 Å². The van der Waals surface area contributed by atoms with Crippen molar-refractivity contribution < 1.29 is 9.90 Å². The average molecular weight is 278 g/mol. The van der Waals surface area contributed by atoms with Crippen molar-refractivity contribution >= 4 is 5.97 Å². The molecule has 2 bridgehead atoms. The van der Waals surface area contributed by atoms with Crippen molar-refractivity contribution in [2.24, 2.45) is 22.7 Å². The molecule has 2 saturated carbocycles. The summed E-state index contributed by atoms with van der Waals surface area (Å²) in [5.41, 5.74) is 1.32. The molecule has 0 radical (unpaired) electrons. The van der Waals surface area contributed by atoms with Gasteiger partial charge in [0.2, 0.25) is 0 Å². The quantitative estimate of drug-likeness (QED) is 0.546. The Labute approximate surface area is 123 Å². The zero-order chi connectivity index (χ0) is 15.0. The number of rotatable bonds is 6. The van der Waals surface area contributed by atoms with Gasteiger partial charge in [0.15, 0.2) is 0 Å². The first kappa shape index (κ1) is 15.6. The fourth-order valence-corrected chi connectivity index (χ4v) is 4.59. The predicted molar refractivity (Wildman–Crippen MR) is 82.6 cm³/mol. The molecule has 0 spiro atoms. The van der Waals surface area contributed by atoms with E-state index in [1.807, 2.05) is 0 Å². The maximum Gasteiger partial charge on any atom is 0.331 e. The molecular formula is C18H30O2. The monoisotopic (exact) mass is 278 g/mol. The molecule has 2 heteroatoms. The van der Waals surface area contributed by atoms with E-state index >= 15 is 0 Å². The minimum atomic E-state index is -0.703. The standard InChI is InChI=1S/C18H30O2/c1-5-6-7-8-13(16(19)20)11-15-12-14-9-10-18(15,4)17(14,2)3/h11,14-15H,5-10,12H2,1-4H3,(H,19,20). The van der Waals surface area contributed by atoms with Crippen LogP contribution in [-0.4, -0.2) is 11.1 Å². The summed E-state index contributed by atoms with van der Waals surface area (Å²) >= 11 is 0. The Balaban J connectivity index is 2.14. The van der Waals surface area contributed by atoms with Gasteiger partial charge >= 0.3 is 5.97 Å². The predicted octanol–water partition coefficient (Wildman–Crippen LogP) is 5.04. The molecule has 0 heterocycles. The van der Waals surface area contributed by atoms with Crippen molar-refractivity contribution in [2.45, 2.75) is 72.6 Å². The van der Waals surface area contributed by atoms with Crippen LogP contribution in [0.25, 0.3) is 0 Å². The van der Waals surface area contributed by atoms with Gasteiger partial charge in [0.1, 0.15) is 0 Å². The Hall–Kier alpha value is -0.790. The summed E-state index contributed by atoms with van der Waals surface area (Å²) in [7, 11) is 0. The molecule has 2 aliphatic carbocycles. The molecule has 2 nitrogen and oxygen atoms in total. The van der Waals surface area contributed by atoms with E-state index in [9.17, 15) is 9.90 Å². The number of hydrogen-bond acceptors (Lipinski definition) is 1. The summed E-state index contributed by atoms with van der Waals surface area (Å²) in [4.78, 5) is 11.5. The molecule has 0 amide bonds. The molecule has 2 rings (SSSR count). The summed E-state index contributed by atoms with van der Waals surface area (Å²) in [5, 5.41) is 9.45. The Kier molecular flexibility index (Phi) is 4.32. The molecule has 20 heavy (non-hydrogen) atoms. The fraction of sp³-hybridized carbons (Fsp3) is 0.833. The summed E-state index contributed by atoms with van der Waals surface area (Å²) in [6, 6.07) is 0. The third kappa shape index (κ3) is 2.42. The van der Waals surface area contributed by atoms with E-state index in [4.69, 9.17) is 0 Å². The Morgan fingerprint density at radius 3 is 2.45 bits per heavy atom.